The van der Waals surface area contributed by atoms with Crippen LogP contribution in [0.4, 0.5) is 5.82 Å². The Morgan fingerprint density at radius 2 is 2.00 bits per heavy atom. The number of benzene rings is 1. The topological polar surface area (TPSA) is 55.0 Å². The van der Waals surface area contributed by atoms with Crippen molar-refractivity contribution in [3.63, 3.8) is 0 Å². The summed E-state index contributed by atoms with van der Waals surface area (Å²) in [7, 11) is 0. The second-order valence-corrected chi connectivity index (χ2v) is 5.78. The van der Waals surface area contributed by atoms with E-state index in [2.05, 4.69) is 61.7 Å². The predicted octanol–water partition coefficient (Wildman–Crippen LogP) is 2.22. The van der Waals surface area contributed by atoms with E-state index in [9.17, 15) is 0 Å². The normalized spacial score (nSPS) is 15.2. The molecule has 19 heavy (non-hydrogen) atoms. The minimum absolute atomic E-state index is 0.596. The van der Waals surface area contributed by atoms with Crippen LogP contribution in [-0.4, -0.2) is 21.4 Å². The number of anilines is 1. The third-order valence-corrected chi connectivity index (χ3v) is 4.45. The molecule has 0 bridgehead atoms. The van der Waals surface area contributed by atoms with Gasteiger partial charge in [0.15, 0.2) is 0 Å². The zero-order valence-electron chi connectivity index (χ0n) is 10.5. The summed E-state index contributed by atoms with van der Waals surface area (Å²) < 4.78 is 0.948. The van der Waals surface area contributed by atoms with Crippen LogP contribution in [0.1, 0.15) is 16.7 Å². The third-order valence-electron chi connectivity index (χ3n) is 3.52. The molecule has 0 amide bonds. The lowest BCUT2D eigenvalue weighted by Gasteiger charge is -2.29. The maximum absolute atomic E-state index is 5.95. The Kier molecular flexibility index (Phi) is 3.65. The lowest BCUT2D eigenvalue weighted by Crippen LogP contribution is -2.30. The molecule has 0 fully saturated rings. The first-order valence-electron chi connectivity index (χ1n) is 6.28. The summed E-state index contributed by atoms with van der Waals surface area (Å²) in [5.41, 5.74) is 9.87. The van der Waals surface area contributed by atoms with Gasteiger partial charge >= 0.3 is 0 Å². The molecule has 3 rings (SSSR count). The fraction of sp³-hybridized carbons (Fsp3) is 0.286. The molecular formula is C14H15IN4. The maximum atomic E-state index is 5.95. The molecule has 0 atom stereocenters. The summed E-state index contributed by atoms with van der Waals surface area (Å²) in [6.07, 6.45) is 2.62. The van der Waals surface area contributed by atoms with Gasteiger partial charge in [-0.3, -0.25) is 4.90 Å². The Labute approximate surface area is 126 Å². The molecule has 2 heterocycles. The van der Waals surface area contributed by atoms with Crippen molar-refractivity contribution in [3.8, 4) is 0 Å². The second kappa shape index (κ2) is 5.42. The highest BCUT2D eigenvalue weighted by molar-refractivity contribution is 14.1. The summed E-state index contributed by atoms with van der Waals surface area (Å²) in [5.74, 6) is 0.596. The minimum atomic E-state index is 0.596. The molecule has 2 aromatic rings. The fourth-order valence-electron chi connectivity index (χ4n) is 2.46. The molecule has 2 N–H and O–H groups in total. The highest BCUT2D eigenvalue weighted by Crippen LogP contribution is 2.23. The van der Waals surface area contributed by atoms with Crippen LogP contribution in [0.25, 0.3) is 0 Å². The monoisotopic (exact) mass is 366 g/mol. The van der Waals surface area contributed by atoms with Gasteiger partial charge in [-0.05, 0) is 40.1 Å². The highest BCUT2D eigenvalue weighted by atomic mass is 127. The average molecular weight is 366 g/mol. The first-order chi connectivity index (χ1) is 9.24. The van der Waals surface area contributed by atoms with Crippen LogP contribution in [0.5, 0.6) is 0 Å². The highest BCUT2D eigenvalue weighted by Gasteiger charge is 2.18. The van der Waals surface area contributed by atoms with Crippen LogP contribution in [0.15, 0.2) is 30.6 Å². The number of fused-ring (bicyclic) bond motifs is 1. The van der Waals surface area contributed by atoms with Crippen molar-refractivity contribution in [2.24, 2.45) is 0 Å². The lowest BCUT2D eigenvalue weighted by atomic mass is 10.00. The Morgan fingerprint density at radius 1 is 1.21 bits per heavy atom. The fourth-order valence-corrected chi connectivity index (χ4v) is 3.03. The zero-order chi connectivity index (χ0) is 13.2. The van der Waals surface area contributed by atoms with Crippen LogP contribution >= 0.6 is 22.6 Å². The van der Waals surface area contributed by atoms with Gasteiger partial charge in [-0.15, -0.1) is 0 Å². The third kappa shape index (κ3) is 2.71. The molecule has 1 aromatic heterocycles. The molecule has 0 spiro atoms. The van der Waals surface area contributed by atoms with Gasteiger partial charge in [-0.2, -0.15) is 0 Å². The average Bonchev–Trinajstić information content (AvgIpc) is 2.43. The van der Waals surface area contributed by atoms with Gasteiger partial charge in [0.1, 0.15) is 15.8 Å². The second-order valence-electron chi connectivity index (χ2n) is 4.76. The van der Waals surface area contributed by atoms with Gasteiger partial charge in [0.2, 0.25) is 0 Å². The number of nitrogens with zero attached hydrogens (tertiary/aromatic N) is 3. The Morgan fingerprint density at radius 3 is 2.79 bits per heavy atom. The van der Waals surface area contributed by atoms with Crippen molar-refractivity contribution in [1.29, 1.82) is 0 Å². The van der Waals surface area contributed by atoms with Gasteiger partial charge in [-0.1, -0.05) is 24.3 Å². The van der Waals surface area contributed by atoms with Gasteiger partial charge in [0.25, 0.3) is 0 Å². The van der Waals surface area contributed by atoms with E-state index in [1.165, 1.54) is 17.5 Å². The van der Waals surface area contributed by atoms with Crippen molar-refractivity contribution in [2.75, 3.05) is 12.3 Å². The Bertz CT molecular complexity index is 579. The zero-order valence-corrected chi connectivity index (χ0v) is 12.7. The van der Waals surface area contributed by atoms with Crippen molar-refractivity contribution in [1.82, 2.24) is 14.9 Å². The van der Waals surface area contributed by atoms with Crippen LogP contribution in [-0.2, 0) is 19.5 Å². The molecule has 4 nitrogen and oxygen atoms in total. The number of aromatic nitrogens is 2. The van der Waals surface area contributed by atoms with E-state index in [0.29, 0.717) is 5.82 Å². The van der Waals surface area contributed by atoms with E-state index < -0.39 is 0 Å². The molecule has 0 unspecified atom stereocenters. The SMILES string of the molecule is Nc1ncnc(I)c1CN1CCc2ccccc2C1. The van der Waals surface area contributed by atoms with Crippen molar-refractivity contribution < 1.29 is 0 Å². The van der Waals surface area contributed by atoms with Gasteiger partial charge < -0.3 is 5.73 Å². The Hall–Kier alpha value is -1.21. The van der Waals surface area contributed by atoms with Gasteiger partial charge in [0, 0.05) is 25.2 Å². The van der Waals surface area contributed by atoms with Crippen LogP contribution < -0.4 is 5.73 Å². The minimum Gasteiger partial charge on any atom is -0.383 e. The van der Waals surface area contributed by atoms with Crippen molar-refractivity contribution in [2.45, 2.75) is 19.5 Å². The quantitative estimate of drug-likeness (QED) is 0.654. The number of halogens is 1. The molecule has 0 saturated heterocycles. The molecule has 0 radical (unpaired) electrons. The van der Waals surface area contributed by atoms with E-state index in [0.717, 1.165) is 35.3 Å². The van der Waals surface area contributed by atoms with E-state index in [-0.39, 0.29) is 0 Å². The number of hydrogen-bond acceptors (Lipinski definition) is 4. The molecule has 1 aliphatic rings. The van der Waals surface area contributed by atoms with Crippen LogP contribution in [0, 0.1) is 3.70 Å². The van der Waals surface area contributed by atoms with E-state index in [4.69, 9.17) is 5.73 Å². The van der Waals surface area contributed by atoms with E-state index in [1.54, 1.807) is 0 Å². The molecule has 0 saturated carbocycles. The largest absolute Gasteiger partial charge is 0.383 e. The standard InChI is InChI=1S/C14H15IN4/c15-13-12(14(16)18-9-17-13)8-19-6-5-10-3-1-2-4-11(10)7-19/h1-4,9H,5-8H2,(H2,16,17,18). The van der Waals surface area contributed by atoms with E-state index >= 15 is 0 Å². The van der Waals surface area contributed by atoms with Crippen molar-refractivity contribution >= 4 is 28.4 Å². The maximum Gasteiger partial charge on any atom is 0.132 e. The first kappa shape index (κ1) is 12.8. The number of nitrogen functional groups attached to an aromatic ring is 1. The van der Waals surface area contributed by atoms with Crippen molar-refractivity contribution in [3.05, 3.63) is 51.0 Å². The summed E-state index contributed by atoms with van der Waals surface area (Å²) in [5, 5.41) is 0. The Balaban J connectivity index is 1.79. The first-order valence-corrected chi connectivity index (χ1v) is 7.36. The predicted molar refractivity (Wildman–Crippen MR) is 83.4 cm³/mol. The summed E-state index contributed by atoms with van der Waals surface area (Å²) >= 11 is 2.22. The molecular weight excluding hydrogens is 351 g/mol. The van der Waals surface area contributed by atoms with Crippen LogP contribution in [0.3, 0.4) is 0 Å². The number of hydrogen-bond donors (Lipinski definition) is 1. The number of nitrogens with two attached hydrogens (primary N) is 1. The molecule has 1 aromatic carbocycles. The molecule has 1 aliphatic heterocycles. The summed E-state index contributed by atoms with van der Waals surface area (Å²) in [6, 6.07) is 8.64. The van der Waals surface area contributed by atoms with E-state index in [1.807, 2.05) is 0 Å². The summed E-state index contributed by atoms with van der Waals surface area (Å²) in [6.45, 7) is 2.85. The molecule has 5 heteroatoms. The molecule has 0 aliphatic carbocycles. The molecule has 98 valence electrons. The number of rotatable bonds is 2. The van der Waals surface area contributed by atoms with Crippen LogP contribution in [0.2, 0.25) is 0 Å². The summed E-state index contributed by atoms with van der Waals surface area (Å²) in [4.78, 5) is 10.7. The smallest absolute Gasteiger partial charge is 0.132 e. The van der Waals surface area contributed by atoms with Gasteiger partial charge in [0.05, 0.1) is 0 Å². The van der Waals surface area contributed by atoms with Gasteiger partial charge in [-0.25, -0.2) is 9.97 Å². The lowest BCUT2D eigenvalue weighted by molar-refractivity contribution is 0.245.